The Labute approximate surface area is 110 Å². The monoisotopic (exact) mass is 248 g/mol. The maximum Gasteiger partial charge on any atom is 0.123 e. The summed E-state index contributed by atoms with van der Waals surface area (Å²) in [6, 6.07) is 4.57. The molecule has 1 aliphatic rings. The summed E-state index contributed by atoms with van der Waals surface area (Å²) in [4.78, 5) is 2.21. The van der Waals surface area contributed by atoms with Gasteiger partial charge in [-0.25, -0.2) is 0 Å². The van der Waals surface area contributed by atoms with Crippen molar-refractivity contribution in [3.8, 4) is 5.75 Å². The van der Waals surface area contributed by atoms with Crippen LogP contribution in [0, 0.1) is 13.8 Å². The first-order valence-corrected chi connectivity index (χ1v) is 6.49. The topological polar surface area (TPSA) is 38.5 Å². The molecule has 1 saturated carbocycles. The van der Waals surface area contributed by atoms with Gasteiger partial charge in [-0.05, 0) is 58.0 Å². The highest BCUT2D eigenvalue weighted by Crippen LogP contribution is 2.48. The van der Waals surface area contributed by atoms with Gasteiger partial charge in [0.25, 0.3) is 0 Å². The summed E-state index contributed by atoms with van der Waals surface area (Å²) in [7, 11) is 5.91. The van der Waals surface area contributed by atoms with Crippen LogP contribution in [0.4, 0.5) is 0 Å². The average Bonchev–Trinajstić information content (AvgIpc) is 3.01. The van der Waals surface area contributed by atoms with Gasteiger partial charge in [0.15, 0.2) is 0 Å². The van der Waals surface area contributed by atoms with Gasteiger partial charge < -0.3 is 15.4 Å². The van der Waals surface area contributed by atoms with Gasteiger partial charge in [-0.1, -0.05) is 6.07 Å². The molecule has 1 aromatic carbocycles. The third kappa shape index (κ3) is 2.25. The molecular weight excluding hydrogens is 224 g/mol. The quantitative estimate of drug-likeness (QED) is 0.889. The predicted octanol–water partition coefficient (Wildman–Crippen LogP) is 2.41. The molecule has 1 aliphatic carbocycles. The van der Waals surface area contributed by atoms with Gasteiger partial charge in [0.2, 0.25) is 0 Å². The molecule has 0 amide bonds. The van der Waals surface area contributed by atoms with Crippen molar-refractivity contribution in [2.75, 3.05) is 21.2 Å². The number of nitrogens with two attached hydrogens (primary N) is 1. The normalized spacial score (nSPS) is 18.8. The lowest BCUT2D eigenvalue weighted by Gasteiger charge is -2.32. The highest BCUT2D eigenvalue weighted by molar-refractivity contribution is 5.45. The number of hydrogen-bond acceptors (Lipinski definition) is 3. The fourth-order valence-corrected chi connectivity index (χ4v) is 2.72. The van der Waals surface area contributed by atoms with Gasteiger partial charge >= 0.3 is 0 Å². The second kappa shape index (κ2) is 4.56. The number of methoxy groups -OCH3 is 1. The van der Waals surface area contributed by atoms with Gasteiger partial charge in [0.1, 0.15) is 5.75 Å². The molecule has 0 bridgehead atoms. The third-order valence-electron chi connectivity index (χ3n) is 4.03. The van der Waals surface area contributed by atoms with Gasteiger partial charge in [0, 0.05) is 11.1 Å². The number of benzene rings is 1. The number of ether oxygens (including phenoxy) is 1. The second-order valence-corrected chi connectivity index (χ2v) is 5.78. The zero-order chi connectivity index (χ0) is 13.5. The molecule has 3 heteroatoms. The highest BCUT2D eigenvalue weighted by Gasteiger charge is 2.48. The Morgan fingerprint density at radius 2 is 1.78 bits per heavy atom. The first kappa shape index (κ1) is 13.4. The lowest BCUT2D eigenvalue weighted by atomic mass is 9.93. The van der Waals surface area contributed by atoms with Crippen molar-refractivity contribution in [2.45, 2.75) is 38.3 Å². The third-order valence-corrected chi connectivity index (χ3v) is 4.03. The summed E-state index contributed by atoms with van der Waals surface area (Å²) in [6.45, 7) is 4.25. The van der Waals surface area contributed by atoms with E-state index in [1.807, 2.05) is 0 Å². The molecule has 2 N–H and O–H groups in total. The van der Waals surface area contributed by atoms with Gasteiger partial charge in [0.05, 0.1) is 13.2 Å². The fraction of sp³-hybridized carbons (Fsp3) is 0.600. The molecule has 0 radical (unpaired) electrons. The summed E-state index contributed by atoms with van der Waals surface area (Å²) < 4.78 is 5.55. The van der Waals surface area contributed by atoms with Crippen LogP contribution in [-0.2, 0) is 0 Å². The van der Waals surface area contributed by atoms with E-state index < -0.39 is 0 Å². The van der Waals surface area contributed by atoms with E-state index in [4.69, 9.17) is 10.5 Å². The largest absolute Gasteiger partial charge is 0.496 e. The average molecular weight is 248 g/mol. The molecule has 1 atom stereocenters. The molecule has 1 unspecified atom stereocenters. The van der Waals surface area contributed by atoms with Crippen LogP contribution in [0.2, 0.25) is 0 Å². The first-order chi connectivity index (χ1) is 8.39. The molecule has 18 heavy (non-hydrogen) atoms. The number of rotatable bonds is 4. The maximum absolute atomic E-state index is 6.44. The van der Waals surface area contributed by atoms with E-state index in [1.54, 1.807) is 7.11 Å². The van der Waals surface area contributed by atoms with Crippen LogP contribution in [0.25, 0.3) is 0 Å². The standard InChI is InChI=1S/C15H24N2O/c1-10-8-12(13(18-5)9-11(10)2)14(17(3)4)15(16)6-7-15/h8-9,14H,6-7,16H2,1-5H3. The number of likely N-dealkylation sites (N-methyl/N-ethyl adjacent to an activating group) is 1. The van der Waals surface area contributed by atoms with E-state index in [9.17, 15) is 0 Å². The molecule has 1 aromatic rings. The van der Waals surface area contributed by atoms with Crippen LogP contribution in [0.1, 0.15) is 35.6 Å². The Morgan fingerprint density at radius 3 is 2.22 bits per heavy atom. The Hall–Kier alpha value is -1.06. The lowest BCUT2D eigenvalue weighted by Crippen LogP contribution is -2.39. The van der Waals surface area contributed by atoms with Crippen molar-refractivity contribution < 1.29 is 4.74 Å². The summed E-state index contributed by atoms with van der Waals surface area (Å²) >= 11 is 0. The van der Waals surface area contributed by atoms with Crippen molar-refractivity contribution in [1.29, 1.82) is 0 Å². The minimum absolute atomic E-state index is 0.0848. The van der Waals surface area contributed by atoms with Crippen molar-refractivity contribution in [3.05, 3.63) is 28.8 Å². The van der Waals surface area contributed by atoms with E-state index in [0.29, 0.717) is 0 Å². The maximum atomic E-state index is 6.44. The number of hydrogen-bond donors (Lipinski definition) is 1. The van der Waals surface area contributed by atoms with E-state index in [0.717, 1.165) is 18.6 Å². The van der Waals surface area contributed by atoms with Gasteiger partial charge in [-0.3, -0.25) is 0 Å². The van der Waals surface area contributed by atoms with Crippen LogP contribution < -0.4 is 10.5 Å². The molecular formula is C15H24N2O. The lowest BCUT2D eigenvalue weighted by molar-refractivity contribution is 0.238. The number of nitrogens with zero attached hydrogens (tertiary/aromatic N) is 1. The minimum Gasteiger partial charge on any atom is -0.496 e. The summed E-state index contributed by atoms with van der Waals surface area (Å²) in [5.74, 6) is 0.952. The van der Waals surface area contributed by atoms with E-state index in [1.165, 1.54) is 16.7 Å². The molecule has 100 valence electrons. The summed E-state index contributed by atoms with van der Waals surface area (Å²) in [6.07, 6.45) is 2.18. The zero-order valence-electron chi connectivity index (χ0n) is 12.1. The molecule has 2 rings (SSSR count). The first-order valence-electron chi connectivity index (χ1n) is 6.49. The molecule has 0 saturated heterocycles. The minimum atomic E-state index is -0.0848. The molecule has 0 heterocycles. The summed E-state index contributed by atoms with van der Waals surface area (Å²) in [5, 5.41) is 0. The SMILES string of the molecule is COc1cc(C)c(C)cc1C(N(C)C)C1(N)CC1. The van der Waals surface area contributed by atoms with Crippen LogP contribution in [0.5, 0.6) is 5.75 Å². The Kier molecular flexibility index (Phi) is 3.39. The van der Waals surface area contributed by atoms with E-state index in [2.05, 4.69) is 45.0 Å². The van der Waals surface area contributed by atoms with E-state index in [-0.39, 0.29) is 11.6 Å². The van der Waals surface area contributed by atoms with Crippen LogP contribution in [0.3, 0.4) is 0 Å². The Balaban J connectivity index is 2.50. The molecule has 0 aliphatic heterocycles. The highest BCUT2D eigenvalue weighted by atomic mass is 16.5. The second-order valence-electron chi connectivity index (χ2n) is 5.78. The van der Waals surface area contributed by atoms with Crippen molar-refractivity contribution in [3.63, 3.8) is 0 Å². The summed E-state index contributed by atoms with van der Waals surface area (Å²) in [5.41, 5.74) is 10.1. The van der Waals surface area contributed by atoms with Crippen LogP contribution in [-0.4, -0.2) is 31.6 Å². The van der Waals surface area contributed by atoms with Gasteiger partial charge in [-0.15, -0.1) is 0 Å². The van der Waals surface area contributed by atoms with Crippen molar-refractivity contribution >= 4 is 0 Å². The Bertz CT molecular complexity index is 450. The molecule has 0 spiro atoms. The molecule has 0 aromatic heterocycles. The zero-order valence-corrected chi connectivity index (χ0v) is 12.1. The molecule has 1 fully saturated rings. The fourth-order valence-electron chi connectivity index (χ4n) is 2.72. The Morgan fingerprint density at radius 1 is 1.22 bits per heavy atom. The molecule has 3 nitrogen and oxygen atoms in total. The van der Waals surface area contributed by atoms with Crippen molar-refractivity contribution in [1.82, 2.24) is 4.90 Å². The van der Waals surface area contributed by atoms with Crippen molar-refractivity contribution in [2.24, 2.45) is 5.73 Å². The predicted molar refractivity (Wildman–Crippen MR) is 75.0 cm³/mol. The van der Waals surface area contributed by atoms with E-state index >= 15 is 0 Å². The van der Waals surface area contributed by atoms with Crippen LogP contribution in [0.15, 0.2) is 12.1 Å². The van der Waals surface area contributed by atoms with Crippen LogP contribution >= 0.6 is 0 Å². The smallest absolute Gasteiger partial charge is 0.123 e. The number of aryl methyl sites for hydroxylation is 2. The van der Waals surface area contributed by atoms with Gasteiger partial charge in [-0.2, -0.15) is 0 Å².